The Balaban J connectivity index is 1.41. The summed E-state index contributed by atoms with van der Waals surface area (Å²) in [5.41, 5.74) is 5.43. The minimum Gasteiger partial charge on any atom is -0.488 e. The maximum atomic E-state index is 14.8. The molecular formula is C39H34ClN3O5. The quantitative estimate of drug-likeness (QED) is 0.119. The highest BCUT2D eigenvalue weighted by Crippen LogP contribution is 2.52. The summed E-state index contributed by atoms with van der Waals surface area (Å²) in [6.45, 7) is 2.32. The van der Waals surface area contributed by atoms with Crippen LogP contribution in [0.25, 0.3) is 22.2 Å². The van der Waals surface area contributed by atoms with Gasteiger partial charge in [0.15, 0.2) is 17.3 Å². The molecule has 0 atom stereocenters. The van der Waals surface area contributed by atoms with E-state index in [0.29, 0.717) is 69.7 Å². The Kier molecular flexibility index (Phi) is 9.38. The number of carbonyl (C=O) groups excluding carboxylic acids is 1. The van der Waals surface area contributed by atoms with Gasteiger partial charge in [0.05, 0.1) is 40.4 Å². The van der Waals surface area contributed by atoms with Gasteiger partial charge in [-0.25, -0.2) is 0 Å². The lowest BCUT2D eigenvalue weighted by atomic mass is 9.85. The summed E-state index contributed by atoms with van der Waals surface area (Å²) in [6, 6.07) is 34.9. The maximum absolute atomic E-state index is 14.8. The molecule has 6 aromatic rings. The number of ether oxygens (including phenoxy) is 3. The fraction of sp³-hybridized carbons (Fsp3) is 0.179. The number of benzene rings is 5. The molecular weight excluding hydrogens is 626 g/mol. The number of hydrogen-bond donors (Lipinski definition) is 2. The number of aliphatic hydroxyl groups is 1. The number of nitrogens with zero attached hydrogens (tertiary/aromatic N) is 2. The van der Waals surface area contributed by atoms with Crippen LogP contribution in [0.2, 0.25) is 5.02 Å². The molecule has 0 spiro atoms. The number of hydrogen-bond acceptors (Lipinski definition) is 7. The average Bonchev–Trinajstić information content (AvgIpc) is 3.49. The molecule has 0 saturated heterocycles. The van der Waals surface area contributed by atoms with Crippen LogP contribution in [0.4, 0.5) is 0 Å². The fourth-order valence-corrected chi connectivity index (χ4v) is 6.20. The Bertz CT molecular complexity index is 2050. The smallest absolute Gasteiger partial charge is 0.199 e. The molecule has 0 fully saturated rings. The van der Waals surface area contributed by atoms with Gasteiger partial charge in [0.1, 0.15) is 31.3 Å². The molecule has 1 aliphatic rings. The van der Waals surface area contributed by atoms with Crippen molar-refractivity contribution >= 4 is 28.3 Å². The summed E-state index contributed by atoms with van der Waals surface area (Å²) in [6.07, 6.45) is 0. The van der Waals surface area contributed by atoms with E-state index in [1.54, 1.807) is 6.07 Å². The Labute approximate surface area is 283 Å². The van der Waals surface area contributed by atoms with Crippen molar-refractivity contribution in [3.63, 3.8) is 0 Å². The molecule has 48 heavy (non-hydrogen) atoms. The molecule has 9 heteroatoms. The van der Waals surface area contributed by atoms with Gasteiger partial charge in [0.2, 0.25) is 0 Å². The standard InChI is InChI=1S/C39H34ClN3O5/c40-29-16-17-30-34-33(29)38(45)36-35(37(34)42-43(30)20-18-41-19-21-44)31(46-23-26-10-4-1-5-11-26)22-32(47-24-27-12-6-2-7-13-27)39(36)48-25-28-14-8-3-9-15-28/h1-17,22,41,44H,18-21,23-25H2. The molecule has 5 aromatic carbocycles. The summed E-state index contributed by atoms with van der Waals surface area (Å²) in [7, 11) is 0. The number of rotatable bonds is 14. The molecule has 0 amide bonds. The highest BCUT2D eigenvalue weighted by Gasteiger charge is 2.38. The summed E-state index contributed by atoms with van der Waals surface area (Å²) in [4.78, 5) is 14.8. The number of carbonyl (C=O) groups is 1. The normalized spacial score (nSPS) is 11.8. The van der Waals surface area contributed by atoms with Crippen LogP contribution in [0, 0.1) is 0 Å². The van der Waals surface area contributed by atoms with Gasteiger partial charge in [-0.2, -0.15) is 5.10 Å². The summed E-state index contributed by atoms with van der Waals surface area (Å²) in [5, 5.41) is 18.5. The first-order valence-electron chi connectivity index (χ1n) is 15.9. The van der Waals surface area contributed by atoms with E-state index < -0.39 is 0 Å². The van der Waals surface area contributed by atoms with Crippen molar-refractivity contribution < 1.29 is 24.1 Å². The zero-order valence-corrected chi connectivity index (χ0v) is 27.0. The van der Waals surface area contributed by atoms with Crippen LogP contribution in [0.3, 0.4) is 0 Å². The predicted molar refractivity (Wildman–Crippen MR) is 186 cm³/mol. The Morgan fingerprint density at radius 2 is 1.27 bits per heavy atom. The van der Waals surface area contributed by atoms with Crippen LogP contribution < -0.4 is 19.5 Å². The van der Waals surface area contributed by atoms with Crippen LogP contribution >= 0.6 is 11.6 Å². The van der Waals surface area contributed by atoms with Crippen molar-refractivity contribution in [2.24, 2.45) is 0 Å². The van der Waals surface area contributed by atoms with Crippen LogP contribution in [-0.2, 0) is 26.4 Å². The number of halogens is 1. The predicted octanol–water partition coefficient (Wildman–Crippen LogP) is 7.22. The van der Waals surface area contributed by atoms with E-state index in [9.17, 15) is 9.90 Å². The lowest BCUT2D eigenvalue weighted by Crippen LogP contribution is -2.23. The first kappa shape index (κ1) is 31.4. The van der Waals surface area contributed by atoms with Crippen molar-refractivity contribution in [2.75, 3.05) is 19.7 Å². The third kappa shape index (κ3) is 6.38. The van der Waals surface area contributed by atoms with E-state index >= 15 is 0 Å². The van der Waals surface area contributed by atoms with E-state index in [2.05, 4.69) is 5.32 Å². The van der Waals surface area contributed by atoms with E-state index in [-0.39, 0.29) is 32.2 Å². The number of ketones is 1. The molecule has 0 radical (unpaired) electrons. The van der Waals surface area contributed by atoms with Gasteiger partial charge in [-0.15, -0.1) is 0 Å². The van der Waals surface area contributed by atoms with Gasteiger partial charge >= 0.3 is 0 Å². The average molecular weight is 660 g/mol. The number of aliphatic hydroxyl groups excluding tert-OH is 1. The van der Waals surface area contributed by atoms with Crippen molar-refractivity contribution in [1.29, 1.82) is 0 Å². The lowest BCUT2D eigenvalue weighted by molar-refractivity contribution is 0.103. The van der Waals surface area contributed by atoms with E-state index in [0.717, 1.165) is 22.2 Å². The van der Waals surface area contributed by atoms with Gasteiger partial charge < -0.3 is 24.6 Å². The first-order chi connectivity index (χ1) is 23.6. The highest BCUT2D eigenvalue weighted by atomic mass is 35.5. The molecule has 8 nitrogen and oxygen atoms in total. The second-order valence-corrected chi connectivity index (χ2v) is 11.9. The third-order valence-electron chi connectivity index (χ3n) is 8.26. The van der Waals surface area contributed by atoms with Gasteiger partial charge in [-0.05, 0) is 28.8 Å². The molecule has 1 aromatic heterocycles. The molecule has 0 unspecified atom stereocenters. The van der Waals surface area contributed by atoms with Gasteiger partial charge in [-0.3, -0.25) is 9.48 Å². The van der Waals surface area contributed by atoms with E-state index in [1.807, 2.05) is 108 Å². The second-order valence-electron chi connectivity index (χ2n) is 11.5. The molecule has 2 N–H and O–H groups in total. The summed E-state index contributed by atoms with van der Waals surface area (Å²) >= 11 is 6.81. The third-order valence-corrected chi connectivity index (χ3v) is 8.57. The van der Waals surface area contributed by atoms with Gasteiger partial charge in [0.25, 0.3) is 0 Å². The largest absolute Gasteiger partial charge is 0.488 e. The van der Waals surface area contributed by atoms with E-state index in [4.69, 9.17) is 30.9 Å². The molecule has 1 aliphatic carbocycles. The van der Waals surface area contributed by atoms with Gasteiger partial charge in [0, 0.05) is 24.5 Å². The molecule has 0 bridgehead atoms. The lowest BCUT2D eigenvalue weighted by Gasteiger charge is -2.24. The number of aromatic nitrogens is 2. The first-order valence-corrected chi connectivity index (χ1v) is 16.3. The number of nitrogens with one attached hydrogen (secondary N) is 1. The fourth-order valence-electron chi connectivity index (χ4n) is 5.96. The minimum atomic E-state index is -0.288. The zero-order valence-electron chi connectivity index (χ0n) is 26.2. The topological polar surface area (TPSA) is 94.8 Å². The maximum Gasteiger partial charge on any atom is 0.199 e. The Hall–Kier alpha value is -5.15. The SMILES string of the molecule is O=C1c2c(OCc3ccccc3)c(OCc3ccccc3)cc(OCc3ccccc3)c2-c2nn(CCNCCO)c3ccc(Cl)c1c23. The molecule has 0 aliphatic heterocycles. The monoisotopic (exact) mass is 659 g/mol. The second kappa shape index (κ2) is 14.3. The van der Waals surface area contributed by atoms with Crippen molar-refractivity contribution in [3.05, 3.63) is 142 Å². The van der Waals surface area contributed by atoms with Crippen LogP contribution in [0.15, 0.2) is 109 Å². The van der Waals surface area contributed by atoms with Crippen LogP contribution in [-0.4, -0.2) is 40.4 Å². The Morgan fingerprint density at radius 1 is 0.688 bits per heavy atom. The number of fused-ring (bicyclic) bond motifs is 2. The zero-order chi connectivity index (χ0) is 32.9. The minimum absolute atomic E-state index is 0.0370. The molecule has 0 saturated carbocycles. The summed E-state index contributed by atoms with van der Waals surface area (Å²) < 4.78 is 21.4. The summed E-state index contributed by atoms with van der Waals surface area (Å²) in [5.74, 6) is 0.848. The van der Waals surface area contributed by atoms with E-state index in [1.165, 1.54) is 0 Å². The van der Waals surface area contributed by atoms with Crippen molar-refractivity contribution in [1.82, 2.24) is 15.1 Å². The van der Waals surface area contributed by atoms with Crippen LogP contribution in [0.5, 0.6) is 17.2 Å². The highest BCUT2D eigenvalue weighted by molar-refractivity contribution is 6.39. The van der Waals surface area contributed by atoms with Crippen molar-refractivity contribution in [2.45, 2.75) is 26.4 Å². The van der Waals surface area contributed by atoms with Crippen LogP contribution in [0.1, 0.15) is 32.6 Å². The molecule has 242 valence electrons. The molecule has 7 rings (SSSR count). The molecule has 1 heterocycles. The van der Waals surface area contributed by atoms with Gasteiger partial charge in [-0.1, -0.05) is 103 Å². The Morgan fingerprint density at radius 3 is 1.88 bits per heavy atom. The van der Waals surface area contributed by atoms with Crippen molar-refractivity contribution in [3.8, 4) is 28.5 Å².